The van der Waals surface area contributed by atoms with Gasteiger partial charge in [0.05, 0.1) is 11.8 Å². The van der Waals surface area contributed by atoms with Gasteiger partial charge in [0.1, 0.15) is 6.61 Å². The maximum absolute atomic E-state index is 12.8. The summed E-state index contributed by atoms with van der Waals surface area (Å²) in [6.07, 6.45) is -2.95. The van der Waals surface area contributed by atoms with E-state index in [1.165, 1.54) is 24.4 Å². The molecular weight excluding hydrogens is 347 g/mol. The van der Waals surface area contributed by atoms with Gasteiger partial charge >= 0.3 is 6.18 Å². The maximum Gasteiger partial charge on any atom is 0.416 e. The average molecular weight is 358 g/mol. The predicted octanol–water partition coefficient (Wildman–Crippen LogP) is 5.02. The van der Waals surface area contributed by atoms with E-state index in [9.17, 15) is 13.2 Å². The van der Waals surface area contributed by atoms with Crippen molar-refractivity contribution in [3.63, 3.8) is 0 Å². The summed E-state index contributed by atoms with van der Waals surface area (Å²) in [6, 6.07) is 12.6. The molecule has 0 atom stereocenters. The second kappa shape index (κ2) is 6.76. The molecule has 0 unspecified atom stereocenters. The molecule has 0 bridgehead atoms. The van der Waals surface area contributed by atoms with Crippen LogP contribution in [0.3, 0.4) is 0 Å². The van der Waals surface area contributed by atoms with E-state index in [4.69, 9.17) is 4.84 Å². The summed E-state index contributed by atoms with van der Waals surface area (Å²) in [5.41, 5.74) is 0.143. The molecule has 0 saturated heterocycles. The van der Waals surface area contributed by atoms with Crippen LogP contribution >= 0.6 is 15.9 Å². The monoisotopic (exact) mass is 357 g/mol. The van der Waals surface area contributed by atoms with Crippen molar-refractivity contribution in [3.8, 4) is 0 Å². The van der Waals surface area contributed by atoms with Gasteiger partial charge in [-0.1, -0.05) is 51.4 Å². The molecule has 0 aliphatic carbocycles. The molecular formula is C15H11BrF3NO. The zero-order valence-corrected chi connectivity index (χ0v) is 12.4. The van der Waals surface area contributed by atoms with Crippen molar-refractivity contribution < 1.29 is 18.0 Å². The Morgan fingerprint density at radius 1 is 1.05 bits per heavy atom. The summed E-state index contributed by atoms with van der Waals surface area (Å²) in [5, 5.41) is 3.68. The maximum atomic E-state index is 12.8. The van der Waals surface area contributed by atoms with Gasteiger partial charge in [0.25, 0.3) is 0 Å². The third-order valence-corrected chi connectivity index (χ3v) is 3.22. The third-order valence-electron chi connectivity index (χ3n) is 2.69. The van der Waals surface area contributed by atoms with Crippen molar-refractivity contribution in [2.45, 2.75) is 12.8 Å². The number of halogens is 4. The molecule has 2 aromatic rings. The lowest BCUT2D eigenvalue weighted by atomic mass is 10.1. The molecule has 110 valence electrons. The van der Waals surface area contributed by atoms with Crippen molar-refractivity contribution in [1.29, 1.82) is 0 Å². The quantitative estimate of drug-likeness (QED) is 0.556. The second-order valence-corrected chi connectivity index (χ2v) is 5.13. The first kappa shape index (κ1) is 15.6. The van der Waals surface area contributed by atoms with Gasteiger partial charge in [-0.2, -0.15) is 13.2 Å². The predicted molar refractivity (Wildman–Crippen MR) is 78.0 cm³/mol. The lowest BCUT2D eigenvalue weighted by Crippen LogP contribution is -2.09. The van der Waals surface area contributed by atoms with Crippen LogP contribution in [0.4, 0.5) is 13.2 Å². The zero-order valence-electron chi connectivity index (χ0n) is 10.8. The van der Waals surface area contributed by atoms with Crippen LogP contribution in [-0.4, -0.2) is 6.21 Å². The minimum Gasteiger partial charge on any atom is -0.391 e. The average Bonchev–Trinajstić information content (AvgIpc) is 2.45. The largest absolute Gasteiger partial charge is 0.416 e. The molecule has 0 spiro atoms. The molecule has 0 aliphatic heterocycles. The Morgan fingerprint density at radius 2 is 1.71 bits per heavy atom. The Balaban J connectivity index is 1.99. The van der Waals surface area contributed by atoms with Gasteiger partial charge in [-0.25, -0.2) is 0 Å². The first-order chi connectivity index (χ1) is 9.97. The highest BCUT2D eigenvalue weighted by atomic mass is 79.9. The van der Waals surface area contributed by atoms with Crippen molar-refractivity contribution in [2.24, 2.45) is 5.16 Å². The second-order valence-electron chi connectivity index (χ2n) is 4.21. The van der Waals surface area contributed by atoms with Gasteiger partial charge < -0.3 is 4.84 Å². The first-order valence-corrected chi connectivity index (χ1v) is 6.82. The minimum atomic E-state index is -4.39. The standard InChI is InChI=1S/C15H11BrF3NO/c16-13-7-5-11(6-8-13)9-20-21-10-12-3-1-2-4-14(12)15(17,18)19/h1-9H,10H2. The summed E-state index contributed by atoms with van der Waals surface area (Å²) >= 11 is 3.30. The van der Waals surface area contributed by atoms with Gasteiger partial charge in [0, 0.05) is 10.0 Å². The highest BCUT2D eigenvalue weighted by Crippen LogP contribution is 2.32. The Kier molecular flexibility index (Phi) is 5.01. The fraction of sp³-hybridized carbons (Fsp3) is 0.133. The number of alkyl halides is 3. The zero-order chi connectivity index (χ0) is 15.3. The van der Waals surface area contributed by atoms with Crippen LogP contribution in [0.5, 0.6) is 0 Å². The molecule has 0 aliphatic rings. The van der Waals surface area contributed by atoms with Gasteiger partial charge in [-0.3, -0.25) is 0 Å². The van der Waals surface area contributed by atoms with E-state index < -0.39 is 11.7 Å². The highest BCUT2D eigenvalue weighted by molar-refractivity contribution is 9.10. The van der Waals surface area contributed by atoms with Crippen LogP contribution in [0.25, 0.3) is 0 Å². The fourth-order valence-corrected chi connectivity index (χ4v) is 1.94. The summed E-state index contributed by atoms with van der Waals surface area (Å²) in [4.78, 5) is 4.95. The molecule has 0 amide bonds. The number of benzene rings is 2. The molecule has 2 aromatic carbocycles. The van der Waals surface area contributed by atoms with E-state index in [-0.39, 0.29) is 12.2 Å². The highest BCUT2D eigenvalue weighted by Gasteiger charge is 2.32. The molecule has 2 rings (SSSR count). The van der Waals surface area contributed by atoms with Gasteiger partial charge in [0.15, 0.2) is 0 Å². The molecule has 0 saturated carbocycles. The molecule has 0 heterocycles. The van der Waals surface area contributed by atoms with E-state index in [0.29, 0.717) is 0 Å². The van der Waals surface area contributed by atoms with Crippen LogP contribution in [0.1, 0.15) is 16.7 Å². The summed E-state index contributed by atoms with van der Waals surface area (Å²) < 4.78 is 39.2. The Morgan fingerprint density at radius 3 is 2.38 bits per heavy atom. The van der Waals surface area contributed by atoms with Crippen LogP contribution in [0.2, 0.25) is 0 Å². The molecule has 0 aromatic heterocycles. The first-order valence-electron chi connectivity index (χ1n) is 6.03. The normalized spacial score (nSPS) is 11.8. The number of rotatable bonds is 4. The topological polar surface area (TPSA) is 21.6 Å². The van der Waals surface area contributed by atoms with Crippen molar-refractivity contribution in [3.05, 3.63) is 69.7 Å². The number of hydrogen-bond acceptors (Lipinski definition) is 2. The molecule has 0 radical (unpaired) electrons. The van der Waals surface area contributed by atoms with Crippen molar-refractivity contribution in [2.75, 3.05) is 0 Å². The third kappa shape index (κ3) is 4.60. The Labute approximate surface area is 128 Å². The lowest BCUT2D eigenvalue weighted by molar-refractivity contribution is -0.138. The van der Waals surface area contributed by atoms with E-state index >= 15 is 0 Å². The molecule has 21 heavy (non-hydrogen) atoms. The van der Waals surface area contributed by atoms with E-state index in [0.717, 1.165) is 16.1 Å². The SMILES string of the molecule is FC(F)(F)c1ccccc1CON=Cc1ccc(Br)cc1. The van der Waals surface area contributed by atoms with Crippen LogP contribution in [0, 0.1) is 0 Å². The Bertz CT molecular complexity index is 624. The van der Waals surface area contributed by atoms with Crippen molar-refractivity contribution >= 4 is 22.1 Å². The minimum absolute atomic E-state index is 0.0537. The van der Waals surface area contributed by atoms with E-state index in [1.54, 1.807) is 12.1 Å². The number of nitrogens with zero attached hydrogens (tertiary/aromatic N) is 1. The van der Waals surface area contributed by atoms with Crippen LogP contribution in [0.15, 0.2) is 58.2 Å². The molecule has 6 heteroatoms. The van der Waals surface area contributed by atoms with E-state index in [1.807, 2.05) is 12.1 Å². The molecule has 0 N–H and O–H groups in total. The van der Waals surface area contributed by atoms with Gasteiger partial charge in [-0.05, 0) is 23.8 Å². The van der Waals surface area contributed by atoms with Gasteiger partial charge in [-0.15, -0.1) is 0 Å². The molecule has 0 fully saturated rings. The number of oxime groups is 1. The summed E-state index contributed by atoms with van der Waals surface area (Å²) in [7, 11) is 0. The Hall–Kier alpha value is -1.82. The smallest absolute Gasteiger partial charge is 0.391 e. The summed E-state index contributed by atoms with van der Waals surface area (Å²) in [6.45, 7) is -0.233. The van der Waals surface area contributed by atoms with E-state index in [2.05, 4.69) is 21.1 Å². The van der Waals surface area contributed by atoms with Crippen molar-refractivity contribution in [1.82, 2.24) is 0 Å². The molecule has 2 nitrogen and oxygen atoms in total. The fourth-order valence-electron chi connectivity index (χ4n) is 1.68. The number of hydrogen-bond donors (Lipinski definition) is 0. The summed E-state index contributed by atoms with van der Waals surface area (Å²) in [5.74, 6) is 0. The van der Waals surface area contributed by atoms with Crippen LogP contribution < -0.4 is 0 Å². The van der Waals surface area contributed by atoms with Crippen LogP contribution in [-0.2, 0) is 17.6 Å². The lowest BCUT2D eigenvalue weighted by Gasteiger charge is -2.11. The van der Waals surface area contributed by atoms with Gasteiger partial charge in [0.2, 0.25) is 0 Å².